The van der Waals surface area contributed by atoms with Gasteiger partial charge >= 0.3 is 0 Å². The molecular weight excluding hydrogens is 262 g/mol. The van der Waals surface area contributed by atoms with Gasteiger partial charge in [0.15, 0.2) is 0 Å². The molecule has 0 aromatic heterocycles. The average Bonchev–Trinajstić information content (AvgIpc) is 2.39. The molecule has 0 heterocycles. The number of benzene rings is 2. The summed E-state index contributed by atoms with van der Waals surface area (Å²) in [4.78, 5) is 12.1. The Labute approximate surface area is 116 Å². The number of aliphatic hydroxyl groups excluding tert-OH is 1. The van der Waals surface area contributed by atoms with Crippen LogP contribution in [-0.4, -0.2) is 11.0 Å². The van der Waals surface area contributed by atoms with E-state index in [1.54, 1.807) is 55.5 Å². The van der Waals surface area contributed by atoms with Crippen LogP contribution in [0.1, 0.15) is 28.9 Å². The van der Waals surface area contributed by atoms with Crippen LogP contribution in [0, 0.1) is 0 Å². The first-order valence-electron chi connectivity index (χ1n) is 5.92. The number of carbonyl (C=O) groups is 1. The number of rotatable bonds is 3. The lowest BCUT2D eigenvalue weighted by atomic mass is 10.1. The van der Waals surface area contributed by atoms with Crippen molar-refractivity contribution in [1.29, 1.82) is 0 Å². The lowest BCUT2D eigenvalue weighted by molar-refractivity contribution is 0.102. The van der Waals surface area contributed by atoms with Gasteiger partial charge in [-0.05, 0) is 36.8 Å². The molecule has 0 bridgehead atoms. The maximum Gasteiger partial charge on any atom is 0.257 e. The monoisotopic (exact) mass is 275 g/mol. The molecule has 19 heavy (non-hydrogen) atoms. The van der Waals surface area contributed by atoms with Crippen molar-refractivity contribution in [2.75, 3.05) is 5.32 Å². The summed E-state index contributed by atoms with van der Waals surface area (Å²) in [5.41, 5.74) is 1.80. The van der Waals surface area contributed by atoms with Gasteiger partial charge in [-0.15, -0.1) is 0 Å². The van der Waals surface area contributed by atoms with Gasteiger partial charge in [0.2, 0.25) is 0 Å². The number of aliphatic hydroxyl groups is 1. The van der Waals surface area contributed by atoms with E-state index >= 15 is 0 Å². The average molecular weight is 276 g/mol. The Morgan fingerprint density at radius 2 is 1.95 bits per heavy atom. The minimum Gasteiger partial charge on any atom is -0.389 e. The van der Waals surface area contributed by atoms with Crippen LogP contribution in [0.4, 0.5) is 5.69 Å². The molecule has 0 saturated heterocycles. The van der Waals surface area contributed by atoms with Crippen LogP contribution in [0.25, 0.3) is 0 Å². The fraction of sp³-hybridized carbons (Fsp3) is 0.133. The first-order chi connectivity index (χ1) is 9.08. The SMILES string of the molecule is C[C@H](O)c1cccc(NC(=O)c2ccccc2Cl)c1. The molecule has 1 amide bonds. The van der Waals surface area contributed by atoms with Gasteiger partial charge in [0.05, 0.1) is 16.7 Å². The summed E-state index contributed by atoms with van der Waals surface area (Å²) in [5, 5.41) is 12.7. The van der Waals surface area contributed by atoms with Crippen LogP contribution >= 0.6 is 11.6 Å². The fourth-order valence-corrected chi connectivity index (χ4v) is 1.94. The molecule has 0 aliphatic carbocycles. The molecule has 0 saturated carbocycles. The Morgan fingerprint density at radius 1 is 1.21 bits per heavy atom. The quantitative estimate of drug-likeness (QED) is 0.898. The maximum absolute atomic E-state index is 12.1. The summed E-state index contributed by atoms with van der Waals surface area (Å²) < 4.78 is 0. The van der Waals surface area contributed by atoms with Gasteiger partial charge in [0.25, 0.3) is 5.91 Å². The van der Waals surface area contributed by atoms with Gasteiger partial charge in [-0.2, -0.15) is 0 Å². The minimum absolute atomic E-state index is 0.270. The van der Waals surface area contributed by atoms with Crippen molar-refractivity contribution in [2.45, 2.75) is 13.0 Å². The smallest absolute Gasteiger partial charge is 0.257 e. The van der Waals surface area contributed by atoms with E-state index in [2.05, 4.69) is 5.32 Å². The minimum atomic E-state index is -0.572. The number of anilines is 1. The Morgan fingerprint density at radius 3 is 2.63 bits per heavy atom. The number of halogens is 1. The lowest BCUT2D eigenvalue weighted by Gasteiger charge is -2.09. The largest absolute Gasteiger partial charge is 0.389 e. The first-order valence-corrected chi connectivity index (χ1v) is 6.29. The Kier molecular flexibility index (Phi) is 4.20. The fourth-order valence-electron chi connectivity index (χ4n) is 1.72. The van der Waals surface area contributed by atoms with Crippen molar-refractivity contribution in [3.63, 3.8) is 0 Å². The highest BCUT2D eigenvalue weighted by atomic mass is 35.5. The highest BCUT2D eigenvalue weighted by Gasteiger charge is 2.10. The van der Waals surface area contributed by atoms with Crippen molar-refractivity contribution in [1.82, 2.24) is 0 Å². The standard InChI is InChI=1S/C15H14ClNO2/c1-10(18)11-5-4-6-12(9-11)17-15(19)13-7-2-3-8-14(13)16/h2-10,18H,1H3,(H,17,19)/t10-/m0/s1. The predicted molar refractivity (Wildman–Crippen MR) is 76.5 cm³/mol. The van der Waals surface area contributed by atoms with Crippen LogP contribution in [0.3, 0.4) is 0 Å². The molecule has 1 atom stereocenters. The molecule has 2 N–H and O–H groups in total. The summed E-state index contributed by atoms with van der Waals surface area (Å²) >= 11 is 5.97. The predicted octanol–water partition coefficient (Wildman–Crippen LogP) is 3.65. The van der Waals surface area contributed by atoms with Gasteiger partial charge < -0.3 is 10.4 Å². The summed E-state index contributed by atoms with van der Waals surface area (Å²) in [6.45, 7) is 1.68. The number of nitrogens with one attached hydrogen (secondary N) is 1. The van der Waals surface area contributed by atoms with Crippen molar-refractivity contribution < 1.29 is 9.90 Å². The molecular formula is C15H14ClNO2. The van der Waals surface area contributed by atoms with Gasteiger partial charge in [-0.25, -0.2) is 0 Å². The van der Waals surface area contributed by atoms with Crippen molar-refractivity contribution >= 4 is 23.2 Å². The molecule has 98 valence electrons. The second-order valence-electron chi connectivity index (χ2n) is 4.24. The zero-order valence-corrected chi connectivity index (χ0v) is 11.2. The van der Waals surface area contributed by atoms with E-state index in [1.165, 1.54) is 0 Å². The number of hydrogen-bond acceptors (Lipinski definition) is 2. The molecule has 0 radical (unpaired) electrons. The molecule has 0 spiro atoms. The van der Waals surface area contributed by atoms with E-state index in [0.29, 0.717) is 16.3 Å². The summed E-state index contributed by atoms with van der Waals surface area (Å²) in [6, 6.07) is 13.9. The van der Waals surface area contributed by atoms with E-state index in [1.807, 2.05) is 0 Å². The highest BCUT2D eigenvalue weighted by molar-refractivity contribution is 6.34. The van der Waals surface area contributed by atoms with Gasteiger partial charge in [-0.3, -0.25) is 4.79 Å². The summed E-state index contributed by atoms with van der Waals surface area (Å²) in [6.07, 6.45) is -0.572. The van der Waals surface area contributed by atoms with E-state index in [4.69, 9.17) is 11.6 Å². The van der Waals surface area contributed by atoms with E-state index < -0.39 is 6.10 Å². The number of amides is 1. The summed E-state index contributed by atoms with van der Waals surface area (Å²) in [5.74, 6) is -0.270. The third-order valence-electron chi connectivity index (χ3n) is 2.75. The van der Waals surface area contributed by atoms with Gasteiger partial charge in [0, 0.05) is 5.69 Å². The van der Waals surface area contributed by atoms with E-state index in [0.717, 1.165) is 5.56 Å². The zero-order chi connectivity index (χ0) is 13.8. The maximum atomic E-state index is 12.1. The Hall–Kier alpha value is -1.84. The second-order valence-corrected chi connectivity index (χ2v) is 4.64. The molecule has 3 nitrogen and oxygen atoms in total. The normalized spacial score (nSPS) is 11.9. The third-order valence-corrected chi connectivity index (χ3v) is 3.07. The topological polar surface area (TPSA) is 49.3 Å². The third kappa shape index (κ3) is 3.34. The Bertz CT molecular complexity index is 596. The van der Waals surface area contributed by atoms with Crippen LogP contribution in [0.2, 0.25) is 5.02 Å². The molecule has 2 aromatic rings. The van der Waals surface area contributed by atoms with E-state index in [9.17, 15) is 9.90 Å². The number of carbonyl (C=O) groups excluding carboxylic acids is 1. The second kappa shape index (κ2) is 5.87. The van der Waals surface area contributed by atoms with Crippen LogP contribution < -0.4 is 5.32 Å². The molecule has 0 aliphatic heterocycles. The van der Waals surface area contributed by atoms with Crippen molar-refractivity contribution in [3.8, 4) is 0 Å². The first kappa shape index (κ1) is 13.6. The van der Waals surface area contributed by atoms with Crippen molar-refractivity contribution in [2.24, 2.45) is 0 Å². The van der Waals surface area contributed by atoms with Crippen LogP contribution in [0.15, 0.2) is 48.5 Å². The van der Waals surface area contributed by atoms with Gasteiger partial charge in [0.1, 0.15) is 0 Å². The van der Waals surface area contributed by atoms with Crippen molar-refractivity contribution in [3.05, 3.63) is 64.7 Å². The lowest BCUT2D eigenvalue weighted by Crippen LogP contribution is -2.12. The Balaban J connectivity index is 2.20. The molecule has 0 fully saturated rings. The molecule has 0 unspecified atom stereocenters. The van der Waals surface area contributed by atoms with Gasteiger partial charge in [-0.1, -0.05) is 35.9 Å². The highest BCUT2D eigenvalue weighted by Crippen LogP contribution is 2.20. The molecule has 0 aliphatic rings. The van der Waals surface area contributed by atoms with E-state index in [-0.39, 0.29) is 5.91 Å². The number of hydrogen-bond donors (Lipinski definition) is 2. The van der Waals surface area contributed by atoms with Crippen LogP contribution in [-0.2, 0) is 0 Å². The molecule has 2 aromatic carbocycles. The summed E-state index contributed by atoms with van der Waals surface area (Å²) in [7, 11) is 0. The molecule has 4 heteroatoms. The molecule has 2 rings (SSSR count). The zero-order valence-electron chi connectivity index (χ0n) is 10.4. The van der Waals surface area contributed by atoms with Crippen LogP contribution in [0.5, 0.6) is 0 Å².